The minimum Gasteiger partial charge on any atom is -0.480 e. The van der Waals surface area contributed by atoms with Crippen molar-refractivity contribution >= 4 is 23.7 Å². The number of carbonyl (C=O) groups is 3. The van der Waals surface area contributed by atoms with Gasteiger partial charge in [0.15, 0.2) is 0 Å². The predicted molar refractivity (Wildman–Crippen MR) is 131 cm³/mol. The number of ether oxygens (including phenoxy) is 1. The van der Waals surface area contributed by atoms with E-state index in [4.69, 9.17) is 4.74 Å². The molecule has 1 aliphatic carbocycles. The molecule has 35 heavy (non-hydrogen) atoms. The van der Waals surface area contributed by atoms with E-state index in [2.05, 4.69) is 29.6 Å². The van der Waals surface area contributed by atoms with Gasteiger partial charge in [-0.1, -0.05) is 60.7 Å². The van der Waals surface area contributed by atoms with Gasteiger partial charge in [0.05, 0.1) is 6.42 Å². The lowest BCUT2D eigenvalue weighted by Crippen LogP contribution is -2.41. The van der Waals surface area contributed by atoms with Gasteiger partial charge in [0.25, 0.3) is 0 Å². The molecule has 0 saturated carbocycles. The number of aliphatic carboxylic acids is 1. The maximum Gasteiger partial charge on any atom is 0.411 e. The number of carboxylic acids is 1. The van der Waals surface area contributed by atoms with E-state index < -0.39 is 18.1 Å². The summed E-state index contributed by atoms with van der Waals surface area (Å²) in [6.45, 7) is 0.699. The summed E-state index contributed by atoms with van der Waals surface area (Å²) in [5.74, 6) is -1.17. The summed E-state index contributed by atoms with van der Waals surface area (Å²) in [5.41, 5.74) is 5.96. The molecule has 0 unspecified atom stereocenters. The number of carboxylic acid groups (broad SMARTS) is 1. The van der Waals surface area contributed by atoms with Crippen LogP contribution in [0.5, 0.6) is 0 Å². The summed E-state index contributed by atoms with van der Waals surface area (Å²) in [4.78, 5) is 37.8. The molecule has 1 heterocycles. The Hall–Kier alpha value is -4.13. The largest absolute Gasteiger partial charge is 0.480 e. The van der Waals surface area contributed by atoms with Gasteiger partial charge < -0.3 is 14.7 Å². The molecule has 1 saturated heterocycles. The number of likely N-dealkylation sites (tertiary alicyclic amines) is 1. The number of nitrogens with zero attached hydrogens (tertiary/aromatic N) is 1. The topological polar surface area (TPSA) is 95.9 Å². The Labute approximate surface area is 203 Å². The molecule has 2 N–H and O–H groups in total. The Balaban J connectivity index is 1.17. The van der Waals surface area contributed by atoms with Gasteiger partial charge in [-0.15, -0.1) is 0 Å². The van der Waals surface area contributed by atoms with Crippen LogP contribution in [-0.2, 0) is 20.7 Å². The molecule has 2 amide bonds. The van der Waals surface area contributed by atoms with Crippen molar-refractivity contribution in [2.24, 2.45) is 0 Å². The summed E-state index contributed by atoms with van der Waals surface area (Å²) < 4.78 is 5.57. The Bertz CT molecular complexity index is 1220. The van der Waals surface area contributed by atoms with E-state index in [1.54, 1.807) is 24.3 Å². The molecule has 1 atom stereocenters. The monoisotopic (exact) mass is 470 g/mol. The van der Waals surface area contributed by atoms with Crippen LogP contribution in [0.2, 0.25) is 0 Å². The first-order chi connectivity index (χ1) is 17.0. The Morgan fingerprint density at radius 3 is 2.17 bits per heavy atom. The zero-order valence-electron chi connectivity index (χ0n) is 19.1. The maximum atomic E-state index is 12.6. The third-order valence-electron chi connectivity index (χ3n) is 6.76. The second kappa shape index (κ2) is 9.62. The molecule has 0 aromatic heterocycles. The lowest BCUT2D eigenvalue weighted by Gasteiger charge is -2.21. The highest BCUT2D eigenvalue weighted by atomic mass is 16.5. The SMILES string of the molecule is O=C(Nc1ccc(CC(=O)N2CCC[C@H]2C(=O)O)cc1)OCC1c2ccccc2-c2ccccc21. The molecule has 1 fully saturated rings. The van der Waals surface area contributed by atoms with Crippen molar-refractivity contribution in [1.82, 2.24) is 4.90 Å². The minimum atomic E-state index is -0.960. The van der Waals surface area contributed by atoms with E-state index in [0.717, 1.165) is 16.7 Å². The molecule has 7 heteroatoms. The molecule has 1 aliphatic heterocycles. The van der Waals surface area contributed by atoms with E-state index in [-0.39, 0.29) is 24.9 Å². The Kier molecular flexibility index (Phi) is 6.23. The number of hydrogen-bond acceptors (Lipinski definition) is 4. The molecule has 3 aromatic rings. The smallest absolute Gasteiger partial charge is 0.411 e. The average molecular weight is 471 g/mol. The first-order valence-corrected chi connectivity index (χ1v) is 11.7. The highest BCUT2D eigenvalue weighted by Gasteiger charge is 2.33. The van der Waals surface area contributed by atoms with Crippen molar-refractivity contribution < 1.29 is 24.2 Å². The van der Waals surface area contributed by atoms with Gasteiger partial charge in [-0.2, -0.15) is 0 Å². The third kappa shape index (κ3) is 4.62. The first kappa shape index (κ1) is 22.7. The quantitative estimate of drug-likeness (QED) is 0.546. The van der Waals surface area contributed by atoms with Crippen molar-refractivity contribution in [3.05, 3.63) is 89.5 Å². The van der Waals surface area contributed by atoms with Crippen LogP contribution in [0.15, 0.2) is 72.8 Å². The van der Waals surface area contributed by atoms with Gasteiger partial charge >= 0.3 is 12.1 Å². The number of nitrogens with one attached hydrogen (secondary N) is 1. The first-order valence-electron chi connectivity index (χ1n) is 11.7. The van der Waals surface area contributed by atoms with Crippen molar-refractivity contribution in [2.45, 2.75) is 31.2 Å². The van der Waals surface area contributed by atoms with Crippen LogP contribution in [0.25, 0.3) is 11.1 Å². The van der Waals surface area contributed by atoms with E-state index in [0.29, 0.717) is 25.1 Å². The number of anilines is 1. The van der Waals surface area contributed by atoms with Crippen molar-refractivity contribution in [3.8, 4) is 11.1 Å². The zero-order valence-corrected chi connectivity index (χ0v) is 19.1. The normalized spacial score (nSPS) is 16.5. The molecule has 0 spiro atoms. The van der Waals surface area contributed by atoms with Crippen LogP contribution in [0, 0.1) is 0 Å². The Morgan fingerprint density at radius 1 is 0.914 bits per heavy atom. The summed E-state index contributed by atoms with van der Waals surface area (Å²) in [6, 6.07) is 22.5. The van der Waals surface area contributed by atoms with Gasteiger partial charge in [0, 0.05) is 18.2 Å². The van der Waals surface area contributed by atoms with E-state index >= 15 is 0 Å². The summed E-state index contributed by atoms with van der Waals surface area (Å²) in [6.07, 6.45) is 0.766. The minimum absolute atomic E-state index is 0.0123. The van der Waals surface area contributed by atoms with Gasteiger partial charge in [0.1, 0.15) is 12.6 Å². The van der Waals surface area contributed by atoms with Gasteiger partial charge in [-0.05, 0) is 52.8 Å². The second-order valence-corrected chi connectivity index (χ2v) is 8.91. The van der Waals surface area contributed by atoms with E-state index in [1.165, 1.54) is 16.0 Å². The molecular formula is C28H26N2O5. The maximum absolute atomic E-state index is 12.6. The molecular weight excluding hydrogens is 444 g/mol. The fourth-order valence-electron chi connectivity index (χ4n) is 5.06. The summed E-state index contributed by atoms with van der Waals surface area (Å²) in [7, 11) is 0. The van der Waals surface area contributed by atoms with Crippen LogP contribution >= 0.6 is 0 Å². The average Bonchev–Trinajstić information content (AvgIpc) is 3.48. The highest BCUT2D eigenvalue weighted by Crippen LogP contribution is 2.44. The van der Waals surface area contributed by atoms with E-state index in [9.17, 15) is 19.5 Å². The molecule has 5 rings (SSSR count). The van der Waals surface area contributed by atoms with Crippen molar-refractivity contribution in [3.63, 3.8) is 0 Å². The van der Waals surface area contributed by atoms with E-state index in [1.807, 2.05) is 24.3 Å². The van der Waals surface area contributed by atoms with Gasteiger partial charge in [0.2, 0.25) is 5.91 Å². The highest BCUT2D eigenvalue weighted by molar-refractivity contribution is 5.87. The number of carbonyl (C=O) groups excluding carboxylic acids is 2. The van der Waals surface area contributed by atoms with Crippen molar-refractivity contribution in [1.29, 1.82) is 0 Å². The van der Waals surface area contributed by atoms with Gasteiger partial charge in [-0.25, -0.2) is 9.59 Å². The Morgan fingerprint density at radius 2 is 1.54 bits per heavy atom. The molecule has 0 bridgehead atoms. The predicted octanol–water partition coefficient (Wildman–Crippen LogP) is 4.67. The lowest BCUT2D eigenvalue weighted by molar-refractivity contribution is -0.148. The van der Waals surface area contributed by atoms with Crippen LogP contribution < -0.4 is 5.32 Å². The molecule has 178 valence electrons. The number of benzene rings is 3. The molecule has 7 nitrogen and oxygen atoms in total. The molecule has 0 radical (unpaired) electrons. The molecule has 3 aromatic carbocycles. The fraction of sp³-hybridized carbons (Fsp3) is 0.250. The number of rotatable bonds is 6. The number of hydrogen-bond donors (Lipinski definition) is 2. The van der Waals surface area contributed by atoms with Crippen LogP contribution in [0.4, 0.5) is 10.5 Å². The number of amides is 2. The van der Waals surface area contributed by atoms with Crippen LogP contribution in [-0.4, -0.2) is 47.2 Å². The molecule has 2 aliphatic rings. The fourth-order valence-corrected chi connectivity index (χ4v) is 5.06. The lowest BCUT2D eigenvalue weighted by atomic mass is 9.98. The summed E-state index contributed by atoms with van der Waals surface area (Å²) in [5, 5.41) is 12.0. The third-order valence-corrected chi connectivity index (χ3v) is 6.76. The summed E-state index contributed by atoms with van der Waals surface area (Å²) >= 11 is 0. The van der Waals surface area contributed by atoms with Crippen molar-refractivity contribution in [2.75, 3.05) is 18.5 Å². The number of fused-ring (bicyclic) bond motifs is 3. The standard InChI is InChI=1S/C28H26N2O5/c31-26(30-15-5-10-25(30)27(32)33)16-18-11-13-19(14-12-18)29-28(34)35-17-24-22-8-3-1-6-20(22)21-7-2-4-9-23(21)24/h1-4,6-9,11-14,24-25H,5,10,15-17H2,(H,29,34)(H,32,33)/t25-/m0/s1. The van der Waals surface area contributed by atoms with Gasteiger partial charge in [-0.3, -0.25) is 10.1 Å². The van der Waals surface area contributed by atoms with Crippen LogP contribution in [0.1, 0.15) is 35.4 Å². The van der Waals surface area contributed by atoms with Crippen LogP contribution in [0.3, 0.4) is 0 Å². The zero-order chi connectivity index (χ0) is 24.4. The second-order valence-electron chi connectivity index (χ2n) is 8.91.